The van der Waals surface area contributed by atoms with E-state index in [-0.39, 0.29) is 23.9 Å². The molecular formula is C23H26F3N5O. The molecular weight excluding hydrogens is 419 g/mol. The fourth-order valence-electron chi connectivity index (χ4n) is 4.39. The molecule has 9 heteroatoms. The lowest BCUT2D eigenvalue weighted by Crippen LogP contribution is -2.39. The van der Waals surface area contributed by atoms with Crippen molar-refractivity contribution in [3.63, 3.8) is 0 Å². The molecule has 2 aromatic heterocycles. The van der Waals surface area contributed by atoms with Crippen molar-refractivity contribution in [1.29, 1.82) is 0 Å². The predicted molar refractivity (Wildman–Crippen MR) is 113 cm³/mol. The van der Waals surface area contributed by atoms with Gasteiger partial charge in [-0.2, -0.15) is 18.3 Å². The number of imidazole rings is 1. The topological polar surface area (TPSA) is 56.0 Å². The minimum absolute atomic E-state index is 0.0339. The number of piperidine rings is 1. The Bertz CT molecular complexity index is 1090. The summed E-state index contributed by atoms with van der Waals surface area (Å²) in [6.45, 7) is 5.70. The summed E-state index contributed by atoms with van der Waals surface area (Å²) >= 11 is 0. The highest BCUT2D eigenvalue weighted by Crippen LogP contribution is 2.33. The van der Waals surface area contributed by atoms with Crippen LogP contribution in [0.4, 0.5) is 13.2 Å². The van der Waals surface area contributed by atoms with Gasteiger partial charge in [0.1, 0.15) is 11.5 Å². The highest BCUT2D eigenvalue weighted by molar-refractivity contribution is 5.92. The van der Waals surface area contributed by atoms with Crippen molar-refractivity contribution in [2.45, 2.75) is 51.9 Å². The molecule has 0 bridgehead atoms. The van der Waals surface area contributed by atoms with Gasteiger partial charge in [-0.25, -0.2) is 4.98 Å². The second-order valence-electron chi connectivity index (χ2n) is 8.12. The third-order valence-electron chi connectivity index (χ3n) is 5.98. The maximum atomic E-state index is 13.4. The summed E-state index contributed by atoms with van der Waals surface area (Å²) in [7, 11) is 0. The third-order valence-corrected chi connectivity index (χ3v) is 5.98. The van der Waals surface area contributed by atoms with Crippen molar-refractivity contribution in [3.05, 3.63) is 71.1 Å². The van der Waals surface area contributed by atoms with Crippen LogP contribution >= 0.6 is 0 Å². The second kappa shape index (κ2) is 8.80. The molecule has 1 amide bonds. The standard InChI is InChI=1S/C23H26F3N5O/c1-3-31-20(14-16(2)28-31)22(32)29-11-8-17(9-12-29)21-27-10-13-30(21)15-18-6-4-5-7-19(18)23(24,25)26/h4-7,10,13-14,17H,3,8-9,11-12,15H2,1-2H3. The van der Waals surface area contributed by atoms with Crippen molar-refractivity contribution in [2.75, 3.05) is 13.1 Å². The second-order valence-corrected chi connectivity index (χ2v) is 8.12. The quantitative estimate of drug-likeness (QED) is 0.581. The largest absolute Gasteiger partial charge is 0.416 e. The zero-order valence-corrected chi connectivity index (χ0v) is 18.1. The number of aryl methyl sites for hydroxylation is 2. The summed E-state index contributed by atoms with van der Waals surface area (Å²) in [5.41, 5.74) is 0.998. The number of aromatic nitrogens is 4. The van der Waals surface area contributed by atoms with E-state index in [1.165, 1.54) is 12.1 Å². The lowest BCUT2D eigenvalue weighted by Gasteiger charge is -2.32. The Morgan fingerprint density at radius 1 is 1.19 bits per heavy atom. The fourth-order valence-corrected chi connectivity index (χ4v) is 4.39. The number of hydrogen-bond acceptors (Lipinski definition) is 3. The first-order valence-corrected chi connectivity index (χ1v) is 10.8. The summed E-state index contributed by atoms with van der Waals surface area (Å²) < 4.78 is 43.6. The third kappa shape index (κ3) is 4.42. The summed E-state index contributed by atoms with van der Waals surface area (Å²) in [5.74, 6) is 0.821. The van der Waals surface area contributed by atoms with Crippen LogP contribution in [0.25, 0.3) is 0 Å². The molecule has 3 aromatic rings. The molecule has 0 saturated carbocycles. The molecule has 4 rings (SSSR count). The Morgan fingerprint density at radius 3 is 2.59 bits per heavy atom. The Hall–Kier alpha value is -3.10. The fraction of sp³-hybridized carbons (Fsp3) is 0.435. The minimum Gasteiger partial charge on any atom is -0.337 e. The summed E-state index contributed by atoms with van der Waals surface area (Å²) in [4.78, 5) is 19.2. The number of carbonyl (C=O) groups excluding carboxylic acids is 1. The van der Waals surface area contributed by atoms with Gasteiger partial charge < -0.3 is 9.47 Å². The molecule has 6 nitrogen and oxygen atoms in total. The van der Waals surface area contributed by atoms with Gasteiger partial charge in [-0.05, 0) is 44.4 Å². The SMILES string of the molecule is CCn1nc(C)cc1C(=O)N1CCC(c2nccn2Cc2ccccc2C(F)(F)F)CC1. The zero-order chi connectivity index (χ0) is 22.9. The molecule has 1 saturated heterocycles. The Labute approximate surface area is 184 Å². The van der Waals surface area contributed by atoms with E-state index < -0.39 is 11.7 Å². The van der Waals surface area contributed by atoms with Crippen LogP contribution in [0.5, 0.6) is 0 Å². The van der Waals surface area contributed by atoms with Crippen LogP contribution in [0, 0.1) is 6.92 Å². The van der Waals surface area contributed by atoms with Crippen molar-refractivity contribution >= 4 is 5.91 Å². The summed E-state index contributed by atoms with van der Waals surface area (Å²) in [6.07, 6.45) is 0.381. The first-order valence-electron chi connectivity index (χ1n) is 10.8. The molecule has 170 valence electrons. The molecule has 1 aliphatic heterocycles. The van der Waals surface area contributed by atoms with Gasteiger partial charge in [-0.3, -0.25) is 9.48 Å². The lowest BCUT2D eigenvalue weighted by atomic mass is 9.95. The Morgan fingerprint density at radius 2 is 1.91 bits per heavy atom. The van der Waals surface area contributed by atoms with Gasteiger partial charge in [0.05, 0.1) is 11.3 Å². The molecule has 1 aliphatic rings. The predicted octanol–water partition coefficient (Wildman–Crippen LogP) is 4.49. The van der Waals surface area contributed by atoms with Crippen LogP contribution in [-0.2, 0) is 19.3 Å². The normalized spacial score (nSPS) is 15.3. The van der Waals surface area contributed by atoms with Gasteiger partial charge in [-0.1, -0.05) is 18.2 Å². The van der Waals surface area contributed by atoms with Gasteiger partial charge >= 0.3 is 6.18 Å². The van der Waals surface area contributed by atoms with Gasteiger partial charge in [-0.15, -0.1) is 0 Å². The number of nitrogens with zero attached hydrogens (tertiary/aromatic N) is 5. The average Bonchev–Trinajstić information content (AvgIpc) is 3.39. The van der Waals surface area contributed by atoms with E-state index in [1.54, 1.807) is 27.7 Å². The highest BCUT2D eigenvalue weighted by Gasteiger charge is 2.33. The van der Waals surface area contributed by atoms with Crippen molar-refractivity contribution in [2.24, 2.45) is 0 Å². The molecule has 0 N–H and O–H groups in total. The molecule has 3 heterocycles. The van der Waals surface area contributed by atoms with Crippen LogP contribution in [-0.4, -0.2) is 43.2 Å². The Kier molecular flexibility index (Phi) is 6.08. The first-order chi connectivity index (χ1) is 15.3. The average molecular weight is 445 g/mol. The minimum atomic E-state index is -4.40. The van der Waals surface area contributed by atoms with Crippen molar-refractivity contribution in [3.8, 4) is 0 Å². The van der Waals surface area contributed by atoms with Crippen LogP contribution in [0.2, 0.25) is 0 Å². The maximum absolute atomic E-state index is 13.4. The van der Waals surface area contributed by atoms with E-state index in [0.717, 1.165) is 17.6 Å². The van der Waals surface area contributed by atoms with Gasteiger partial charge in [0, 0.05) is 44.5 Å². The van der Waals surface area contributed by atoms with Crippen molar-refractivity contribution < 1.29 is 18.0 Å². The molecule has 0 unspecified atom stereocenters. The van der Waals surface area contributed by atoms with E-state index in [2.05, 4.69) is 10.1 Å². The number of likely N-dealkylation sites (tertiary alicyclic amines) is 1. The number of hydrogen-bond donors (Lipinski definition) is 0. The zero-order valence-electron chi connectivity index (χ0n) is 18.1. The number of benzene rings is 1. The van der Waals surface area contributed by atoms with Crippen LogP contribution < -0.4 is 0 Å². The summed E-state index contributed by atoms with van der Waals surface area (Å²) in [6, 6.07) is 7.45. The number of rotatable bonds is 5. The van der Waals surface area contributed by atoms with Gasteiger partial charge in [0.15, 0.2) is 0 Å². The van der Waals surface area contributed by atoms with Crippen LogP contribution in [0.15, 0.2) is 42.7 Å². The smallest absolute Gasteiger partial charge is 0.337 e. The van der Waals surface area contributed by atoms with E-state index in [0.29, 0.717) is 38.2 Å². The summed E-state index contributed by atoms with van der Waals surface area (Å²) in [5, 5.41) is 4.35. The molecule has 0 radical (unpaired) electrons. The molecule has 0 aliphatic carbocycles. The first kappa shape index (κ1) is 22.1. The van der Waals surface area contributed by atoms with E-state index in [9.17, 15) is 18.0 Å². The maximum Gasteiger partial charge on any atom is 0.416 e. The molecule has 0 atom stereocenters. The van der Waals surface area contributed by atoms with Crippen molar-refractivity contribution in [1.82, 2.24) is 24.2 Å². The highest BCUT2D eigenvalue weighted by atomic mass is 19.4. The molecule has 1 fully saturated rings. The molecule has 1 aromatic carbocycles. The molecule has 32 heavy (non-hydrogen) atoms. The number of carbonyl (C=O) groups is 1. The monoisotopic (exact) mass is 445 g/mol. The van der Waals surface area contributed by atoms with E-state index in [1.807, 2.05) is 24.8 Å². The van der Waals surface area contributed by atoms with Crippen LogP contribution in [0.1, 0.15) is 58.8 Å². The molecule has 0 spiro atoms. The van der Waals surface area contributed by atoms with E-state index in [4.69, 9.17) is 0 Å². The lowest BCUT2D eigenvalue weighted by molar-refractivity contribution is -0.138. The van der Waals surface area contributed by atoms with Gasteiger partial charge in [0.2, 0.25) is 0 Å². The number of alkyl halides is 3. The van der Waals surface area contributed by atoms with Gasteiger partial charge in [0.25, 0.3) is 5.91 Å². The number of halogens is 3. The Balaban J connectivity index is 1.46. The number of amides is 1. The van der Waals surface area contributed by atoms with E-state index >= 15 is 0 Å². The van der Waals surface area contributed by atoms with Crippen LogP contribution in [0.3, 0.4) is 0 Å².